The van der Waals surface area contributed by atoms with E-state index < -0.39 is 0 Å². The van der Waals surface area contributed by atoms with Crippen LogP contribution in [0.5, 0.6) is 0 Å². The van der Waals surface area contributed by atoms with Crippen LogP contribution >= 0.6 is 12.4 Å². The topological polar surface area (TPSA) is 29.3 Å². The standard InChI is InChI=1S/C16H28N2.ClH/c1-5-18(6-2)15-10-8-14(9-11-15)16(17)12-7-13(3)4;/h8-11,13,16H,5-7,12,17H2,1-4H3;1H/t16-;/m0./s1. The molecule has 0 bridgehead atoms. The highest BCUT2D eigenvalue weighted by Gasteiger charge is 2.08. The summed E-state index contributed by atoms with van der Waals surface area (Å²) in [6, 6.07) is 8.92. The van der Waals surface area contributed by atoms with Crippen LogP contribution in [-0.2, 0) is 0 Å². The van der Waals surface area contributed by atoms with E-state index in [1.165, 1.54) is 17.7 Å². The summed E-state index contributed by atoms with van der Waals surface area (Å²) in [4.78, 5) is 2.35. The first-order valence-corrected chi connectivity index (χ1v) is 7.18. The molecule has 2 N–H and O–H groups in total. The molecule has 1 rings (SSSR count). The maximum absolute atomic E-state index is 6.22. The summed E-state index contributed by atoms with van der Waals surface area (Å²) < 4.78 is 0. The van der Waals surface area contributed by atoms with Gasteiger partial charge >= 0.3 is 0 Å². The molecule has 0 radical (unpaired) electrons. The van der Waals surface area contributed by atoms with Gasteiger partial charge in [0.1, 0.15) is 0 Å². The van der Waals surface area contributed by atoms with Gasteiger partial charge in [-0.2, -0.15) is 0 Å². The molecule has 1 aromatic carbocycles. The van der Waals surface area contributed by atoms with Crippen molar-refractivity contribution in [2.24, 2.45) is 11.7 Å². The van der Waals surface area contributed by atoms with Crippen LogP contribution in [-0.4, -0.2) is 13.1 Å². The van der Waals surface area contributed by atoms with Crippen LogP contribution in [0.2, 0.25) is 0 Å². The Bertz CT molecular complexity index is 331. The molecule has 0 aromatic heterocycles. The lowest BCUT2D eigenvalue weighted by Crippen LogP contribution is -2.21. The van der Waals surface area contributed by atoms with Crippen molar-refractivity contribution >= 4 is 18.1 Å². The van der Waals surface area contributed by atoms with Crippen LogP contribution in [0.25, 0.3) is 0 Å². The summed E-state index contributed by atoms with van der Waals surface area (Å²) in [5.74, 6) is 0.728. The second-order valence-corrected chi connectivity index (χ2v) is 5.34. The van der Waals surface area contributed by atoms with Gasteiger partial charge in [0.25, 0.3) is 0 Å². The zero-order valence-electron chi connectivity index (χ0n) is 12.7. The highest BCUT2D eigenvalue weighted by atomic mass is 35.5. The molecule has 2 nitrogen and oxygen atoms in total. The third kappa shape index (κ3) is 5.84. The number of hydrogen-bond donors (Lipinski definition) is 1. The fourth-order valence-electron chi connectivity index (χ4n) is 2.20. The molecule has 0 aliphatic heterocycles. The average molecular weight is 285 g/mol. The second-order valence-electron chi connectivity index (χ2n) is 5.34. The molecule has 1 aromatic rings. The van der Waals surface area contributed by atoms with Gasteiger partial charge in [0, 0.05) is 24.8 Å². The van der Waals surface area contributed by atoms with Crippen molar-refractivity contribution in [2.75, 3.05) is 18.0 Å². The Morgan fingerprint density at radius 3 is 1.95 bits per heavy atom. The van der Waals surface area contributed by atoms with Gasteiger partial charge in [-0.1, -0.05) is 26.0 Å². The van der Waals surface area contributed by atoms with E-state index >= 15 is 0 Å². The maximum Gasteiger partial charge on any atom is 0.0366 e. The van der Waals surface area contributed by atoms with Gasteiger partial charge in [-0.3, -0.25) is 0 Å². The van der Waals surface area contributed by atoms with E-state index in [1.54, 1.807) is 0 Å². The van der Waals surface area contributed by atoms with Crippen LogP contribution in [0.1, 0.15) is 52.1 Å². The van der Waals surface area contributed by atoms with E-state index in [9.17, 15) is 0 Å². The molecule has 0 aliphatic carbocycles. The Morgan fingerprint density at radius 1 is 1.00 bits per heavy atom. The summed E-state index contributed by atoms with van der Waals surface area (Å²) in [6.07, 6.45) is 2.27. The van der Waals surface area contributed by atoms with E-state index in [0.29, 0.717) is 0 Å². The largest absolute Gasteiger partial charge is 0.372 e. The van der Waals surface area contributed by atoms with Crippen LogP contribution in [0, 0.1) is 5.92 Å². The molecule has 0 saturated carbocycles. The van der Waals surface area contributed by atoms with E-state index in [0.717, 1.165) is 25.4 Å². The molecule has 110 valence electrons. The normalized spacial score (nSPS) is 12.1. The van der Waals surface area contributed by atoms with Crippen molar-refractivity contribution in [2.45, 2.75) is 46.6 Å². The lowest BCUT2D eigenvalue weighted by atomic mass is 9.98. The minimum atomic E-state index is 0. The Kier molecular flexibility index (Phi) is 8.86. The summed E-state index contributed by atoms with van der Waals surface area (Å²) >= 11 is 0. The lowest BCUT2D eigenvalue weighted by molar-refractivity contribution is 0.507. The molecule has 0 fully saturated rings. The number of benzene rings is 1. The lowest BCUT2D eigenvalue weighted by Gasteiger charge is -2.22. The van der Waals surface area contributed by atoms with Crippen LogP contribution in [0.15, 0.2) is 24.3 Å². The molecule has 0 saturated heterocycles. The summed E-state index contributed by atoms with van der Waals surface area (Å²) in [6.45, 7) is 11.0. The molecule has 0 aliphatic rings. The Hall–Kier alpha value is -0.730. The molecule has 0 spiro atoms. The zero-order valence-corrected chi connectivity index (χ0v) is 13.5. The summed E-state index contributed by atoms with van der Waals surface area (Å²) in [5.41, 5.74) is 8.77. The highest BCUT2D eigenvalue weighted by Crippen LogP contribution is 2.22. The van der Waals surface area contributed by atoms with Crippen molar-refractivity contribution in [3.63, 3.8) is 0 Å². The Balaban J connectivity index is 0.00000324. The number of halogens is 1. The highest BCUT2D eigenvalue weighted by molar-refractivity contribution is 5.85. The number of nitrogens with two attached hydrogens (primary N) is 1. The quantitative estimate of drug-likeness (QED) is 0.804. The fraction of sp³-hybridized carbons (Fsp3) is 0.625. The number of hydrogen-bond acceptors (Lipinski definition) is 2. The van der Waals surface area contributed by atoms with Crippen LogP contribution in [0.4, 0.5) is 5.69 Å². The van der Waals surface area contributed by atoms with Crippen LogP contribution < -0.4 is 10.6 Å². The van der Waals surface area contributed by atoms with E-state index in [2.05, 4.69) is 56.9 Å². The predicted octanol–water partition coefficient (Wildman–Crippen LogP) is 4.39. The first kappa shape index (κ1) is 18.3. The molecule has 0 amide bonds. The average Bonchev–Trinajstić information content (AvgIpc) is 2.38. The first-order chi connectivity index (χ1) is 8.58. The third-order valence-corrected chi connectivity index (χ3v) is 3.50. The number of anilines is 1. The van der Waals surface area contributed by atoms with E-state index in [4.69, 9.17) is 5.73 Å². The SMILES string of the molecule is CCN(CC)c1ccc([C@@H](N)CCC(C)C)cc1.Cl. The fourth-order valence-corrected chi connectivity index (χ4v) is 2.20. The molecule has 19 heavy (non-hydrogen) atoms. The molecule has 0 unspecified atom stereocenters. The van der Waals surface area contributed by atoms with Gasteiger partial charge in [0.2, 0.25) is 0 Å². The minimum absolute atomic E-state index is 0. The third-order valence-electron chi connectivity index (χ3n) is 3.50. The van der Waals surface area contributed by atoms with Gasteiger partial charge in [-0.05, 0) is 50.3 Å². The van der Waals surface area contributed by atoms with Crippen molar-refractivity contribution in [3.05, 3.63) is 29.8 Å². The minimum Gasteiger partial charge on any atom is -0.372 e. The smallest absolute Gasteiger partial charge is 0.0366 e. The van der Waals surface area contributed by atoms with Gasteiger partial charge in [0.05, 0.1) is 0 Å². The van der Waals surface area contributed by atoms with Gasteiger partial charge in [-0.25, -0.2) is 0 Å². The van der Waals surface area contributed by atoms with E-state index in [1.807, 2.05) is 0 Å². The zero-order chi connectivity index (χ0) is 13.5. The Morgan fingerprint density at radius 2 is 1.53 bits per heavy atom. The monoisotopic (exact) mass is 284 g/mol. The summed E-state index contributed by atoms with van der Waals surface area (Å²) in [7, 11) is 0. The summed E-state index contributed by atoms with van der Waals surface area (Å²) in [5, 5.41) is 0. The molecular weight excluding hydrogens is 256 g/mol. The number of rotatable bonds is 7. The predicted molar refractivity (Wildman–Crippen MR) is 88.3 cm³/mol. The van der Waals surface area contributed by atoms with Gasteiger partial charge in [-0.15, -0.1) is 12.4 Å². The van der Waals surface area contributed by atoms with Crippen molar-refractivity contribution < 1.29 is 0 Å². The second kappa shape index (κ2) is 9.22. The van der Waals surface area contributed by atoms with Gasteiger partial charge < -0.3 is 10.6 Å². The van der Waals surface area contributed by atoms with Crippen molar-refractivity contribution in [3.8, 4) is 0 Å². The number of nitrogens with zero attached hydrogens (tertiary/aromatic N) is 1. The van der Waals surface area contributed by atoms with E-state index in [-0.39, 0.29) is 18.4 Å². The molecule has 1 atom stereocenters. The molecule has 0 heterocycles. The van der Waals surface area contributed by atoms with Crippen LogP contribution in [0.3, 0.4) is 0 Å². The van der Waals surface area contributed by atoms with Crippen molar-refractivity contribution in [1.82, 2.24) is 0 Å². The molecular formula is C16H29ClN2. The maximum atomic E-state index is 6.22. The van der Waals surface area contributed by atoms with Gasteiger partial charge in [0.15, 0.2) is 0 Å². The molecule has 3 heteroatoms. The first-order valence-electron chi connectivity index (χ1n) is 7.18. The Labute approximate surface area is 124 Å². The van der Waals surface area contributed by atoms with Crippen molar-refractivity contribution in [1.29, 1.82) is 0 Å².